The Hall–Kier alpha value is -0.960. The number of nitrogens with zero attached hydrogens (tertiary/aromatic N) is 2. The Balaban J connectivity index is 2.01. The lowest BCUT2D eigenvalue weighted by Crippen LogP contribution is -2.20. The van der Waals surface area contributed by atoms with Gasteiger partial charge in [0.15, 0.2) is 0 Å². The molecule has 0 amide bonds. The van der Waals surface area contributed by atoms with Gasteiger partial charge in [0.2, 0.25) is 0 Å². The zero-order chi connectivity index (χ0) is 13.2. The molecule has 0 aliphatic heterocycles. The normalized spacial score (nSPS) is 12.9. The summed E-state index contributed by atoms with van der Waals surface area (Å²) in [6, 6.07) is 0.300. The van der Waals surface area contributed by atoms with Crippen LogP contribution in [-0.4, -0.2) is 16.5 Å². The van der Waals surface area contributed by atoms with E-state index in [1.807, 2.05) is 6.20 Å². The SMILES string of the molecule is CC(C)CCCCCCNC(C)c1cnccn1. The smallest absolute Gasteiger partial charge is 0.0753 e. The van der Waals surface area contributed by atoms with Crippen molar-refractivity contribution in [1.29, 1.82) is 0 Å². The number of nitrogens with one attached hydrogen (secondary N) is 1. The molecule has 1 aromatic heterocycles. The maximum absolute atomic E-state index is 4.30. The maximum Gasteiger partial charge on any atom is 0.0753 e. The van der Waals surface area contributed by atoms with Gasteiger partial charge in [0.1, 0.15) is 0 Å². The highest BCUT2D eigenvalue weighted by Gasteiger charge is 2.04. The molecule has 3 heteroatoms. The van der Waals surface area contributed by atoms with Crippen molar-refractivity contribution in [3.8, 4) is 0 Å². The minimum absolute atomic E-state index is 0.300. The van der Waals surface area contributed by atoms with Gasteiger partial charge in [-0.05, 0) is 25.8 Å². The molecule has 0 fully saturated rings. The van der Waals surface area contributed by atoms with E-state index >= 15 is 0 Å². The lowest BCUT2D eigenvalue weighted by Gasteiger charge is -2.12. The Morgan fingerprint density at radius 2 is 1.83 bits per heavy atom. The van der Waals surface area contributed by atoms with Gasteiger partial charge in [0, 0.05) is 24.6 Å². The van der Waals surface area contributed by atoms with E-state index in [1.165, 1.54) is 32.1 Å². The van der Waals surface area contributed by atoms with Gasteiger partial charge in [-0.2, -0.15) is 0 Å². The molecular weight excluding hydrogens is 222 g/mol. The molecule has 1 atom stereocenters. The zero-order valence-electron chi connectivity index (χ0n) is 12.0. The summed E-state index contributed by atoms with van der Waals surface area (Å²) in [5.74, 6) is 0.847. The molecule has 0 bridgehead atoms. The second-order valence-corrected chi connectivity index (χ2v) is 5.40. The lowest BCUT2D eigenvalue weighted by atomic mass is 10.0. The van der Waals surface area contributed by atoms with Crippen LogP contribution in [0.1, 0.15) is 64.6 Å². The van der Waals surface area contributed by atoms with Gasteiger partial charge in [0.05, 0.1) is 5.69 Å². The van der Waals surface area contributed by atoms with Crippen LogP contribution in [0.3, 0.4) is 0 Å². The van der Waals surface area contributed by atoms with Gasteiger partial charge in [-0.3, -0.25) is 9.97 Å². The molecule has 1 rings (SSSR count). The quantitative estimate of drug-likeness (QED) is 0.678. The first kappa shape index (κ1) is 15.1. The number of aromatic nitrogens is 2. The van der Waals surface area contributed by atoms with E-state index < -0.39 is 0 Å². The van der Waals surface area contributed by atoms with Crippen molar-refractivity contribution in [3.05, 3.63) is 24.3 Å². The Kier molecular flexibility index (Phi) is 7.58. The molecule has 0 saturated heterocycles. The standard InChI is InChI=1S/C15H27N3/c1-13(2)8-6-4-5-7-9-17-14(3)15-12-16-10-11-18-15/h10-14,17H,4-9H2,1-3H3. The lowest BCUT2D eigenvalue weighted by molar-refractivity contribution is 0.495. The van der Waals surface area contributed by atoms with Crippen LogP contribution in [0.4, 0.5) is 0 Å². The minimum atomic E-state index is 0.300. The predicted molar refractivity (Wildman–Crippen MR) is 76.4 cm³/mol. The van der Waals surface area contributed by atoms with E-state index in [0.29, 0.717) is 6.04 Å². The van der Waals surface area contributed by atoms with Gasteiger partial charge in [-0.25, -0.2) is 0 Å². The molecule has 3 nitrogen and oxygen atoms in total. The van der Waals surface area contributed by atoms with Crippen molar-refractivity contribution in [1.82, 2.24) is 15.3 Å². The molecular formula is C15H27N3. The van der Waals surface area contributed by atoms with Gasteiger partial charge in [0.25, 0.3) is 0 Å². The third-order valence-corrected chi connectivity index (χ3v) is 3.19. The first-order valence-electron chi connectivity index (χ1n) is 7.19. The monoisotopic (exact) mass is 249 g/mol. The average molecular weight is 249 g/mol. The van der Waals surface area contributed by atoms with Crippen LogP contribution >= 0.6 is 0 Å². The molecule has 102 valence electrons. The summed E-state index contributed by atoms with van der Waals surface area (Å²) in [6.07, 6.45) is 12.0. The van der Waals surface area contributed by atoms with Crippen LogP contribution in [0.5, 0.6) is 0 Å². The van der Waals surface area contributed by atoms with E-state index in [9.17, 15) is 0 Å². The number of hydrogen-bond acceptors (Lipinski definition) is 3. The average Bonchev–Trinajstić information content (AvgIpc) is 2.38. The molecule has 1 aromatic rings. The largest absolute Gasteiger partial charge is 0.309 e. The fourth-order valence-electron chi connectivity index (χ4n) is 1.99. The molecule has 1 N–H and O–H groups in total. The van der Waals surface area contributed by atoms with Crippen molar-refractivity contribution in [2.45, 2.75) is 58.9 Å². The van der Waals surface area contributed by atoms with Crippen LogP contribution in [0.15, 0.2) is 18.6 Å². The second-order valence-electron chi connectivity index (χ2n) is 5.40. The molecule has 18 heavy (non-hydrogen) atoms. The molecule has 0 spiro atoms. The Labute approximate surface area is 111 Å². The topological polar surface area (TPSA) is 37.8 Å². The van der Waals surface area contributed by atoms with Crippen LogP contribution in [0.25, 0.3) is 0 Å². The maximum atomic E-state index is 4.30. The van der Waals surface area contributed by atoms with Crippen molar-refractivity contribution >= 4 is 0 Å². The number of hydrogen-bond donors (Lipinski definition) is 1. The Morgan fingerprint density at radius 1 is 1.06 bits per heavy atom. The highest BCUT2D eigenvalue weighted by atomic mass is 14.9. The van der Waals surface area contributed by atoms with Crippen molar-refractivity contribution in [3.63, 3.8) is 0 Å². The zero-order valence-corrected chi connectivity index (χ0v) is 12.0. The van der Waals surface area contributed by atoms with Crippen molar-refractivity contribution < 1.29 is 0 Å². The highest BCUT2D eigenvalue weighted by Crippen LogP contribution is 2.10. The van der Waals surface area contributed by atoms with E-state index in [2.05, 4.69) is 36.1 Å². The van der Waals surface area contributed by atoms with Crippen LogP contribution in [0, 0.1) is 5.92 Å². The molecule has 0 aromatic carbocycles. The summed E-state index contributed by atoms with van der Waals surface area (Å²) >= 11 is 0. The first-order valence-corrected chi connectivity index (χ1v) is 7.19. The molecule has 1 heterocycles. The summed E-state index contributed by atoms with van der Waals surface area (Å²) in [6.45, 7) is 7.80. The summed E-state index contributed by atoms with van der Waals surface area (Å²) in [7, 11) is 0. The highest BCUT2D eigenvalue weighted by molar-refractivity contribution is 5.00. The van der Waals surface area contributed by atoms with Crippen molar-refractivity contribution in [2.75, 3.05) is 6.54 Å². The third kappa shape index (κ3) is 6.70. The second kappa shape index (κ2) is 9.03. The fraction of sp³-hybridized carbons (Fsp3) is 0.733. The van der Waals surface area contributed by atoms with E-state index in [0.717, 1.165) is 18.2 Å². The van der Waals surface area contributed by atoms with Crippen LogP contribution < -0.4 is 5.32 Å². The predicted octanol–water partition coefficient (Wildman–Crippen LogP) is 3.73. The van der Waals surface area contributed by atoms with Gasteiger partial charge >= 0.3 is 0 Å². The molecule has 0 aliphatic carbocycles. The molecule has 1 unspecified atom stereocenters. The van der Waals surface area contributed by atoms with Crippen LogP contribution in [-0.2, 0) is 0 Å². The number of unbranched alkanes of at least 4 members (excludes halogenated alkanes) is 3. The molecule has 0 aliphatic rings. The van der Waals surface area contributed by atoms with Gasteiger partial charge in [-0.1, -0.05) is 39.5 Å². The van der Waals surface area contributed by atoms with Crippen LogP contribution in [0.2, 0.25) is 0 Å². The van der Waals surface area contributed by atoms with E-state index in [-0.39, 0.29) is 0 Å². The number of rotatable bonds is 9. The molecule has 0 radical (unpaired) electrons. The summed E-state index contributed by atoms with van der Waals surface area (Å²) in [4.78, 5) is 8.39. The molecule has 0 saturated carbocycles. The minimum Gasteiger partial charge on any atom is -0.309 e. The summed E-state index contributed by atoms with van der Waals surface area (Å²) in [5, 5.41) is 3.50. The fourth-order valence-corrected chi connectivity index (χ4v) is 1.99. The van der Waals surface area contributed by atoms with E-state index in [4.69, 9.17) is 0 Å². The first-order chi connectivity index (χ1) is 8.70. The summed E-state index contributed by atoms with van der Waals surface area (Å²) in [5.41, 5.74) is 1.03. The van der Waals surface area contributed by atoms with Gasteiger partial charge in [-0.15, -0.1) is 0 Å². The Morgan fingerprint density at radius 3 is 2.50 bits per heavy atom. The Bertz CT molecular complexity index is 298. The van der Waals surface area contributed by atoms with Crippen molar-refractivity contribution in [2.24, 2.45) is 5.92 Å². The summed E-state index contributed by atoms with van der Waals surface area (Å²) < 4.78 is 0. The van der Waals surface area contributed by atoms with Gasteiger partial charge < -0.3 is 5.32 Å². The third-order valence-electron chi connectivity index (χ3n) is 3.19. The van der Waals surface area contributed by atoms with E-state index in [1.54, 1.807) is 12.4 Å².